The van der Waals surface area contributed by atoms with Crippen molar-refractivity contribution in [3.63, 3.8) is 0 Å². The van der Waals surface area contributed by atoms with Crippen LogP contribution in [0.2, 0.25) is 5.02 Å². The van der Waals surface area contributed by atoms with Crippen LogP contribution in [-0.4, -0.2) is 10.2 Å². The van der Waals surface area contributed by atoms with E-state index in [0.717, 1.165) is 0 Å². The van der Waals surface area contributed by atoms with Crippen LogP contribution in [0.15, 0.2) is 18.2 Å². The Kier molecular flexibility index (Phi) is 3.73. The van der Waals surface area contributed by atoms with Crippen molar-refractivity contribution < 1.29 is 9.18 Å². The Hall–Kier alpha value is -0.610. The molecule has 0 spiro atoms. The van der Waals surface area contributed by atoms with E-state index in [9.17, 15) is 9.18 Å². The first-order valence-corrected chi connectivity index (χ1v) is 5.42. The van der Waals surface area contributed by atoms with Gasteiger partial charge in [0.05, 0.1) is 4.32 Å². The van der Waals surface area contributed by atoms with Gasteiger partial charge in [-0.1, -0.05) is 27.5 Å². The van der Waals surface area contributed by atoms with Crippen molar-refractivity contribution in [2.45, 2.75) is 18.2 Å². The molecule has 0 fully saturated rings. The van der Waals surface area contributed by atoms with Crippen molar-refractivity contribution in [2.75, 3.05) is 5.32 Å². The Morgan fingerprint density at radius 1 is 1.47 bits per heavy atom. The third-order valence-corrected chi connectivity index (χ3v) is 2.24. The highest BCUT2D eigenvalue weighted by Gasteiger charge is 2.23. The van der Waals surface area contributed by atoms with Gasteiger partial charge in [0.15, 0.2) is 0 Å². The molecule has 1 aromatic rings. The van der Waals surface area contributed by atoms with Crippen molar-refractivity contribution >= 4 is 39.1 Å². The summed E-state index contributed by atoms with van der Waals surface area (Å²) in [5, 5.41) is 2.80. The highest BCUT2D eigenvalue weighted by Crippen LogP contribution is 2.22. The maximum atomic E-state index is 12.9. The number of carbonyl (C=O) groups excluding carboxylic acids is 1. The number of carbonyl (C=O) groups is 1. The summed E-state index contributed by atoms with van der Waals surface area (Å²) in [6.07, 6.45) is 0. The van der Waals surface area contributed by atoms with Gasteiger partial charge in [-0.25, -0.2) is 4.39 Å². The quantitative estimate of drug-likeness (QED) is 0.830. The van der Waals surface area contributed by atoms with Gasteiger partial charge in [-0.05, 0) is 32.0 Å². The molecule has 1 N–H and O–H groups in total. The lowest BCUT2D eigenvalue weighted by atomic mass is 10.2. The lowest BCUT2D eigenvalue weighted by molar-refractivity contribution is -0.117. The number of halogens is 3. The van der Waals surface area contributed by atoms with Gasteiger partial charge >= 0.3 is 0 Å². The molecule has 0 aromatic heterocycles. The van der Waals surface area contributed by atoms with Crippen LogP contribution >= 0.6 is 27.5 Å². The minimum absolute atomic E-state index is 0.248. The molecular weight excluding hydrogens is 284 g/mol. The molecule has 82 valence electrons. The molecule has 0 saturated carbocycles. The standard InChI is InChI=1S/C10H10BrClFNO/c1-10(2,11)9(15)14-8-4-6(12)3-7(13)5-8/h3-5H,1-2H3,(H,14,15). The smallest absolute Gasteiger partial charge is 0.240 e. The molecule has 0 aliphatic rings. The summed E-state index contributed by atoms with van der Waals surface area (Å²) in [7, 11) is 0. The van der Waals surface area contributed by atoms with E-state index >= 15 is 0 Å². The van der Waals surface area contributed by atoms with Gasteiger partial charge in [0, 0.05) is 10.7 Å². The third kappa shape index (κ3) is 3.80. The molecule has 0 heterocycles. The zero-order chi connectivity index (χ0) is 11.6. The van der Waals surface area contributed by atoms with Gasteiger partial charge < -0.3 is 5.32 Å². The number of benzene rings is 1. The third-order valence-electron chi connectivity index (χ3n) is 1.66. The van der Waals surface area contributed by atoms with Crippen molar-refractivity contribution in [2.24, 2.45) is 0 Å². The number of amides is 1. The molecule has 0 radical (unpaired) electrons. The lowest BCUT2D eigenvalue weighted by Gasteiger charge is -2.15. The SMILES string of the molecule is CC(C)(Br)C(=O)Nc1cc(F)cc(Cl)c1. The van der Waals surface area contributed by atoms with E-state index in [1.54, 1.807) is 13.8 Å². The van der Waals surface area contributed by atoms with E-state index in [1.807, 2.05) is 0 Å². The van der Waals surface area contributed by atoms with Crippen molar-refractivity contribution in [1.29, 1.82) is 0 Å². The van der Waals surface area contributed by atoms with Gasteiger partial charge in [-0.2, -0.15) is 0 Å². The molecule has 1 amide bonds. The van der Waals surface area contributed by atoms with Gasteiger partial charge in [-0.15, -0.1) is 0 Å². The average Bonchev–Trinajstić information content (AvgIpc) is 1.99. The second kappa shape index (κ2) is 4.49. The fourth-order valence-electron chi connectivity index (χ4n) is 0.906. The van der Waals surface area contributed by atoms with Gasteiger partial charge in [-0.3, -0.25) is 4.79 Å². The number of hydrogen-bond acceptors (Lipinski definition) is 1. The maximum absolute atomic E-state index is 12.9. The molecule has 0 saturated heterocycles. The Labute approximate surface area is 101 Å². The zero-order valence-corrected chi connectivity index (χ0v) is 10.6. The molecule has 15 heavy (non-hydrogen) atoms. The molecule has 1 aromatic carbocycles. The van der Waals surface area contributed by atoms with Crippen LogP contribution < -0.4 is 5.32 Å². The molecule has 5 heteroatoms. The Morgan fingerprint density at radius 2 is 2.07 bits per heavy atom. The number of rotatable bonds is 2. The second-order valence-corrected chi connectivity index (χ2v) is 6.00. The number of alkyl halides is 1. The molecule has 0 aliphatic carbocycles. The normalized spacial score (nSPS) is 11.3. The highest BCUT2D eigenvalue weighted by atomic mass is 79.9. The van der Waals surface area contributed by atoms with E-state index < -0.39 is 10.1 Å². The summed E-state index contributed by atoms with van der Waals surface area (Å²) in [5.41, 5.74) is 0.345. The predicted octanol–water partition coefficient (Wildman–Crippen LogP) is 3.59. The van der Waals surface area contributed by atoms with E-state index in [1.165, 1.54) is 18.2 Å². The minimum atomic E-state index is -0.703. The van der Waals surface area contributed by atoms with Crippen LogP contribution in [0.1, 0.15) is 13.8 Å². The minimum Gasteiger partial charge on any atom is -0.325 e. The Balaban J connectivity index is 2.86. The van der Waals surface area contributed by atoms with Gasteiger partial charge in [0.2, 0.25) is 5.91 Å². The number of anilines is 1. The van der Waals surface area contributed by atoms with Crippen molar-refractivity contribution in [1.82, 2.24) is 0 Å². The summed E-state index contributed by atoms with van der Waals surface area (Å²) in [5.74, 6) is -0.741. The van der Waals surface area contributed by atoms with Crippen molar-refractivity contribution in [3.05, 3.63) is 29.0 Å². The fraction of sp³-hybridized carbons (Fsp3) is 0.300. The van der Waals surface area contributed by atoms with E-state index in [-0.39, 0.29) is 10.9 Å². The molecule has 0 bridgehead atoms. The summed E-state index contributed by atoms with van der Waals surface area (Å²) in [6.45, 7) is 3.40. The topological polar surface area (TPSA) is 29.1 Å². The zero-order valence-electron chi connectivity index (χ0n) is 8.27. The van der Waals surface area contributed by atoms with Crippen LogP contribution in [0, 0.1) is 5.82 Å². The van der Waals surface area contributed by atoms with Crippen LogP contribution in [0.25, 0.3) is 0 Å². The second-order valence-electron chi connectivity index (χ2n) is 3.58. The summed E-state index contributed by atoms with van der Waals surface area (Å²) in [6, 6.07) is 3.88. The average molecular weight is 295 g/mol. The van der Waals surface area contributed by atoms with Crippen LogP contribution in [0.5, 0.6) is 0 Å². The number of hydrogen-bond donors (Lipinski definition) is 1. The molecular formula is C10H10BrClFNO. The fourth-order valence-corrected chi connectivity index (χ4v) is 1.23. The van der Waals surface area contributed by atoms with Crippen molar-refractivity contribution in [3.8, 4) is 0 Å². The van der Waals surface area contributed by atoms with Crippen LogP contribution in [0.4, 0.5) is 10.1 Å². The molecule has 0 aliphatic heterocycles. The first-order chi connectivity index (χ1) is 6.79. The molecule has 0 unspecified atom stereocenters. The number of nitrogens with one attached hydrogen (secondary N) is 1. The van der Waals surface area contributed by atoms with E-state index in [2.05, 4.69) is 21.2 Å². The van der Waals surface area contributed by atoms with Crippen LogP contribution in [0.3, 0.4) is 0 Å². The Bertz CT molecular complexity index is 369. The summed E-state index contributed by atoms with van der Waals surface area (Å²) < 4.78 is 12.2. The Morgan fingerprint density at radius 3 is 2.53 bits per heavy atom. The van der Waals surface area contributed by atoms with E-state index in [4.69, 9.17) is 11.6 Å². The summed E-state index contributed by atoms with van der Waals surface area (Å²) in [4.78, 5) is 11.5. The van der Waals surface area contributed by atoms with Gasteiger partial charge in [0.25, 0.3) is 0 Å². The van der Waals surface area contributed by atoms with Gasteiger partial charge in [0.1, 0.15) is 5.82 Å². The lowest BCUT2D eigenvalue weighted by Crippen LogP contribution is -2.30. The first-order valence-electron chi connectivity index (χ1n) is 4.25. The maximum Gasteiger partial charge on any atom is 0.240 e. The van der Waals surface area contributed by atoms with Crippen LogP contribution in [-0.2, 0) is 4.79 Å². The monoisotopic (exact) mass is 293 g/mol. The largest absolute Gasteiger partial charge is 0.325 e. The molecule has 1 rings (SSSR count). The predicted molar refractivity (Wildman–Crippen MR) is 63.0 cm³/mol. The highest BCUT2D eigenvalue weighted by molar-refractivity contribution is 9.10. The van der Waals surface area contributed by atoms with E-state index in [0.29, 0.717) is 5.69 Å². The first kappa shape index (κ1) is 12.5. The summed E-state index contributed by atoms with van der Waals surface area (Å²) >= 11 is 8.84. The molecule has 2 nitrogen and oxygen atoms in total. The molecule has 0 atom stereocenters.